The maximum Gasteiger partial charge on any atom is 0.162 e. The van der Waals surface area contributed by atoms with Crippen LogP contribution in [-0.2, 0) is 21.8 Å². The van der Waals surface area contributed by atoms with Gasteiger partial charge in [0.1, 0.15) is 10.8 Å². The zero-order chi connectivity index (χ0) is 14.0. The van der Waals surface area contributed by atoms with Crippen LogP contribution in [0.25, 0.3) is 0 Å². The highest BCUT2D eigenvalue weighted by Crippen LogP contribution is 2.40. The van der Waals surface area contributed by atoms with E-state index in [1.54, 1.807) is 0 Å². The first kappa shape index (κ1) is 14.6. The van der Waals surface area contributed by atoms with Gasteiger partial charge in [-0.1, -0.05) is 37.3 Å². The minimum Gasteiger partial charge on any atom is -0.367 e. The SMILES string of the molecule is CCOC1(c2nc(Cl)c3c(n2)CSC3)CCCCCC1. The number of halogens is 1. The van der Waals surface area contributed by atoms with Crippen LogP contribution in [0.1, 0.15) is 62.5 Å². The van der Waals surface area contributed by atoms with Crippen molar-refractivity contribution in [3.8, 4) is 0 Å². The van der Waals surface area contributed by atoms with Crippen molar-refractivity contribution in [3.05, 3.63) is 22.2 Å². The minimum absolute atomic E-state index is 0.308. The quantitative estimate of drug-likeness (QED) is 0.609. The van der Waals surface area contributed by atoms with Gasteiger partial charge in [-0.3, -0.25) is 0 Å². The van der Waals surface area contributed by atoms with Gasteiger partial charge in [0.2, 0.25) is 0 Å². The highest BCUT2D eigenvalue weighted by molar-refractivity contribution is 7.98. The van der Waals surface area contributed by atoms with Crippen LogP contribution in [0.3, 0.4) is 0 Å². The molecule has 1 fully saturated rings. The van der Waals surface area contributed by atoms with Gasteiger partial charge in [-0.25, -0.2) is 9.97 Å². The fourth-order valence-corrected chi connectivity index (χ4v) is 4.60. The molecule has 2 heterocycles. The number of aromatic nitrogens is 2. The van der Waals surface area contributed by atoms with Crippen molar-refractivity contribution in [3.63, 3.8) is 0 Å². The third-order valence-electron chi connectivity index (χ3n) is 4.27. The number of fused-ring (bicyclic) bond motifs is 1. The standard InChI is InChI=1S/C15H21ClN2OS/c1-2-19-15(7-5-3-4-6-8-15)14-17-12-10-20-9-11(12)13(16)18-14/h2-10H2,1H3. The molecule has 1 aromatic heterocycles. The lowest BCUT2D eigenvalue weighted by Gasteiger charge is -2.31. The smallest absolute Gasteiger partial charge is 0.162 e. The summed E-state index contributed by atoms with van der Waals surface area (Å²) in [7, 11) is 0. The first-order valence-corrected chi connectivity index (χ1v) is 9.06. The molecule has 20 heavy (non-hydrogen) atoms. The molecule has 0 saturated heterocycles. The van der Waals surface area contributed by atoms with Gasteiger partial charge in [-0.15, -0.1) is 0 Å². The van der Waals surface area contributed by atoms with E-state index >= 15 is 0 Å². The van der Waals surface area contributed by atoms with E-state index in [9.17, 15) is 0 Å². The van der Waals surface area contributed by atoms with Gasteiger partial charge in [0, 0.05) is 23.7 Å². The number of rotatable bonds is 3. The lowest BCUT2D eigenvalue weighted by Crippen LogP contribution is -2.32. The van der Waals surface area contributed by atoms with Gasteiger partial charge in [-0.05, 0) is 19.8 Å². The first-order chi connectivity index (χ1) is 9.75. The van der Waals surface area contributed by atoms with E-state index in [1.807, 2.05) is 11.8 Å². The summed E-state index contributed by atoms with van der Waals surface area (Å²) in [5, 5.41) is 0.637. The van der Waals surface area contributed by atoms with Crippen molar-refractivity contribution >= 4 is 23.4 Å². The summed E-state index contributed by atoms with van der Waals surface area (Å²) in [6.45, 7) is 2.75. The van der Waals surface area contributed by atoms with Gasteiger partial charge in [0.25, 0.3) is 0 Å². The lowest BCUT2D eigenvalue weighted by atomic mass is 9.92. The second-order valence-corrected chi connectivity index (χ2v) is 6.94. The fourth-order valence-electron chi connectivity index (χ4n) is 3.22. The molecule has 0 bridgehead atoms. The molecular weight excluding hydrogens is 292 g/mol. The van der Waals surface area contributed by atoms with E-state index in [0.29, 0.717) is 11.8 Å². The van der Waals surface area contributed by atoms with Gasteiger partial charge >= 0.3 is 0 Å². The average Bonchev–Trinajstić information content (AvgIpc) is 2.79. The molecule has 1 saturated carbocycles. The summed E-state index contributed by atoms with van der Waals surface area (Å²) < 4.78 is 6.16. The Morgan fingerprint density at radius 3 is 2.60 bits per heavy atom. The van der Waals surface area contributed by atoms with Crippen molar-refractivity contribution in [1.29, 1.82) is 0 Å². The third kappa shape index (κ3) is 2.70. The summed E-state index contributed by atoms with van der Waals surface area (Å²) in [6, 6.07) is 0. The molecule has 2 aliphatic rings. The number of nitrogens with zero attached hydrogens (tertiary/aromatic N) is 2. The first-order valence-electron chi connectivity index (χ1n) is 7.52. The van der Waals surface area contributed by atoms with Crippen molar-refractivity contribution in [1.82, 2.24) is 9.97 Å². The van der Waals surface area contributed by atoms with E-state index < -0.39 is 0 Å². The molecule has 0 amide bonds. The molecule has 1 aliphatic carbocycles. The molecule has 110 valence electrons. The van der Waals surface area contributed by atoms with Gasteiger partial charge in [0.05, 0.1) is 5.69 Å². The summed E-state index contributed by atoms with van der Waals surface area (Å²) in [6.07, 6.45) is 6.97. The second kappa shape index (κ2) is 6.20. The minimum atomic E-state index is -0.308. The number of hydrogen-bond acceptors (Lipinski definition) is 4. The Labute approximate surface area is 129 Å². The number of thioether (sulfide) groups is 1. The van der Waals surface area contributed by atoms with Crippen molar-refractivity contribution in [2.24, 2.45) is 0 Å². The fraction of sp³-hybridized carbons (Fsp3) is 0.733. The van der Waals surface area contributed by atoms with Crippen molar-refractivity contribution in [2.75, 3.05) is 6.61 Å². The Kier molecular flexibility index (Phi) is 4.53. The Morgan fingerprint density at radius 1 is 1.15 bits per heavy atom. The predicted molar refractivity (Wildman–Crippen MR) is 83.0 cm³/mol. The van der Waals surface area contributed by atoms with Gasteiger partial charge < -0.3 is 4.74 Å². The van der Waals surface area contributed by atoms with Crippen LogP contribution < -0.4 is 0 Å². The average molecular weight is 313 g/mol. The molecule has 5 heteroatoms. The normalized spacial score (nSPS) is 21.5. The monoisotopic (exact) mass is 312 g/mol. The second-order valence-electron chi connectivity index (χ2n) is 5.60. The molecule has 0 radical (unpaired) electrons. The molecular formula is C15H21ClN2OS. The van der Waals surface area contributed by atoms with Crippen LogP contribution >= 0.6 is 23.4 Å². The molecule has 0 spiro atoms. The van der Waals surface area contributed by atoms with Crippen LogP contribution in [0.4, 0.5) is 0 Å². The zero-order valence-corrected chi connectivity index (χ0v) is 13.5. The number of ether oxygens (including phenoxy) is 1. The summed E-state index contributed by atoms with van der Waals surface area (Å²) in [5.74, 6) is 2.72. The van der Waals surface area contributed by atoms with E-state index in [0.717, 1.165) is 41.4 Å². The van der Waals surface area contributed by atoms with E-state index in [-0.39, 0.29) is 5.60 Å². The predicted octanol–water partition coefficient (Wildman–Crippen LogP) is 4.46. The highest BCUT2D eigenvalue weighted by Gasteiger charge is 2.37. The Balaban J connectivity index is 2.00. The van der Waals surface area contributed by atoms with E-state index in [4.69, 9.17) is 21.3 Å². The molecule has 3 rings (SSSR count). The molecule has 1 aliphatic heterocycles. The topological polar surface area (TPSA) is 35.0 Å². The van der Waals surface area contributed by atoms with Crippen molar-refractivity contribution < 1.29 is 4.74 Å². The maximum absolute atomic E-state index is 6.38. The molecule has 3 nitrogen and oxygen atoms in total. The lowest BCUT2D eigenvalue weighted by molar-refractivity contribution is -0.0625. The van der Waals surface area contributed by atoms with Gasteiger partial charge in [-0.2, -0.15) is 11.8 Å². The Morgan fingerprint density at radius 2 is 1.90 bits per heavy atom. The number of hydrogen-bond donors (Lipinski definition) is 0. The van der Waals surface area contributed by atoms with Crippen LogP contribution in [-0.4, -0.2) is 16.6 Å². The van der Waals surface area contributed by atoms with Crippen LogP contribution in [0.2, 0.25) is 5.15 Å². The largest absolute Gasteiger partial charge is 0.367 e. The third-order valence-corrected chi connectivity index (χ3v) is 5.55. The van der Waals surface area contributed by atoms with Crippen LogP contribution in [0.15, 0.2) is 0 Å². The molecule has 0 unspecified atom stereocenters. The molecule has 1 aromatic rings. The summed E-state index contributed by atoms with van der Waals surface area (Å²) in [5.41, 5.74) is 1.94. The summed E-state index contributed by atoms with van der Waals surface area (Å²) in [4.78, 5) is 9.45. The van der Waals surface area contributed by atoms with Crippen LogP contribution in [0.5, 0.6) is 0 Å². The Bertz CT molecular complexity index is 487. The maximum atomic E-state index is 6.38. The van der Waals surface area contributed by atoms with Gasteiger partial charge in [0.15, 0.2) is 5.82 Å². The van der Waals surface area contributed by atoms with E-state index in [2.05, 4.69) is 11.9 Å². The molecule has 0 aromatic carbocycles. The zero-order valence-electron chi connectivity index (χ0n) is 12.0. The van der Waals surface area contributed by atoms with E-state index in [1.165, 1.54) is 25.7 Å². The summed E-state index contributed by atoms with van der Waals surface area (Å²) >= 11 is 8.24. The molecule has 0 N–H and O–H groups in total. The Hall–Kier alpha value is -0.320. The van der Waals surface area contributed by atoms with Crippen molar-refractivity contribution in [2.45, 2.75) is 62.6 Å². The highest BCUT2D eigenvalue weighted by atomic mass is 35.5. The van der Waals surface area contributed by atoms with Crippen LogP contribution in [0, 0.1) is 0 Å². The molecule has 0 atom stereocenters.